The molecule has 3 N–H and O–H groups in total. The summed E-state index contributed by atoms with van der Waals surface area (Å²) in [5, 5.41) is 1.42. The summed E-state index contributed by atoms with van der Waals surface area (Å²) in [5.41, 5.74) is 13.8. The van der Waals surface area contributed by atoms with E-state index >= 15 is 0 Å². The van der Waals surface area contributed by atoms with Crippen LogP contribution in [0.5, 0.6) is 0 Å². The van der Waals surface area contributed by atoms with E-state index < -0.39 is 0 Å². The molecule has 1 aromatic heterocycles. The highest BCUT2D eigenvalue weighted by Gasteiger charge is 2.49. The van der Waals surface area contributed by atoms with Gasteiger partial charge in [-0.15, -0.1) is 0 Å². The van der Waals surface area contributed by atoms with E-state index in [-0.39, 0.29) is 11.6 Å². The molecule has 0 amide bonds. The Labute approximate surface area is 179 Å². The zero-order chi connectivity index (χ0) is 20.3. The van der Waals surface area contributed by atoms with Gasteiger partial charge in [0.25, 0.3) is 0 Å². The molecular formula is C27H31N3. The molecule has 154 valence electrons. The Morgan fingerprint density at radius 3 is 2.73 bits per heavy atom. The number of benzene rings is 2. The van der Waals surface area contributed by atoms with Gasteiger partial charge in [-0.25, -0.2) is 0 Å². The Morgan fingerprint density at radius 2 is 1.87 bits per heavy atom. The third-order valence-electron chi connectivity index (χ3n) is 8.15. The van der Waals surface area contributed by atoms with Crippen LogP contribution < -0.4 is 5.73 Å². The number of nitrogens with zero attached hydrogens (tertiary/aromatic N) is 1. The second kappa shape index (κ2) is 6.83. The van der Waals surface area contributed by atoms with Crippen molar-refractivity contribution < 1.29 is 0 Å². The highest BCUT2D eigenvalue weighted by molar-refractivity contribution is 5.85. The van der Waals surface area contributed by atoms with Gasteiger partial charge in [0.2, 0.25) is 0 Å². The number of hydrogen-bond donors (Lipinski definition) is 2. The first-order chi connectivity index (χ1) is 14.6. The predicted octanol–water partition coefficient (Wildman–Crippen LogP) is 5.08. The lowest BCUT2D eigenvalue weighted by Crippen LogP contribution is -2.58. The molecule has 1 saturated heterocycles. The summed E-state index contributed by atoms with van der Waals surface area (Å²) in [5.74, 6) is 1.42. The molecule has 1 aliphatic carbocycles. The topological polar surface area (TPSA) is 45.0 Å². The van der Waals surface area contributed by atoms with Gasteiger partial charge in [-0.3, -0.25) is 4.90 Å². The van der Waals surface area contributed by atoms with Gasteiger partial charge in [0.1, 0.15) is 0 Å². The second-order valence-corrected chi connectivity index (χ2v) is 9.89. The van der Waals surface area contributed by atoms with Crippen molar-refractivity contribution in [3.63, 3.8) is 0 Å². The zero-order valence-corrected chi connectivity index (χ0v) is 17.8. The second-order valence-electron chi connectivity index (χ2n) is 9.89. The minimum Gasteiger partial charge on any atom is -0.357 e. The number of nitrogens with two attached hydrogens (primary N) is 1. The molecule has 3 nitrogen and oxygen atoms in total. The number of hydrogen-bond acceptors (Lipinski definition) is 2. The van der Waals surface area contributed by atoms with E-state index in [0.29, 0.717) is 5.92 Å². The lowest BCUT2D eigenvalue weighted by atomic mass is 9.64. The van der Waals surface area contributed by atoms with Crippen molar-refractivity contribution >= 4 is 17.0 Å². The van der Waals surface area contributed by atoms with Crippen LogP contribution in [0.3, 0.4) is 0 Å². The maximum absolute atomic E-state index is 6.71. The largest absolute Gasteiger partial charge is 0.357 e. The average molecular weight is 398 g/mol. The van der Waals surface area contributed by atoms with E-state index in [1.54, 1.807) is 5.56 Å². The minimum absolute atomic E-state index is 0.105. The summed E-state index contributed by atoms with van der Waals surface area (Å²) < 4.78 is 0. The van der Waals surface area contributed by atoms with Crippen molar-refractivity contribution in [2.45, 2.75) is 44.2 Å². The van der Waals surface area contributed by atoms with Crippen molar-refractivity contribution in [3.8, 4) is 0 Å². The number of aromatic amines is 1. The van der Waals surface area contributed by atoms with Crippen LogP contribution in [0.25, 0.3) is 17.0 Å². The third-order valence-corrected chi connectivity index (χ3v) is 8.15. The monoisotopic (exact) mass is 397 g/mol. The number of H-pyrrole nitrogens is 1. The predicted molar refractivity (Wildman–Crippen MR) is 124 cm³/mol. The summed E-state index contributed by atoms with van der Waals surface area (Å²) in [6.45, 7) is 4.82. The van der Waals surface area contributed by atoms with E-state index in [9.17, 15) is 0 Å². The third kappa shape index (κ3) is 2.79. The Bertz CT molecular complexity index is 1110. The first-order valence-electron chi connectivity index (χ1n) is 11.5. The molecule has 3 aromatic rings. The smallest absolute Gasteiger partial charge is 0.0589 e. The van der Waals surface area contributed by atoms with Crippen LogP contribution >= 0.6 is 0 Å². The summed E-state index contributed by atoms with van der Waals surface area (Å²) in [4.78, 5) is 6.59. The number of nitrogens with one attached hydrogen (secondary N) is 1. The minimum atomic E-state index is 0.105. The van der Waals surface area contributed by atoms with Gasteiger partial charge in [-0.2, -0.15) is 0 Å². The summed E-state index contributed by atoms with van der Waals surface area (Å²) in [6, 6.07) is 19.7. The molecule has 4 atom stereocenters. The lowest BCUT2D eigenvalue weighted by molar-refractivity contribution is -0.0264. The average Bonchev–Trinajstić information content (AvgIpc) is 3.14. The number of aromatic nitrogens is 1. The molecule has 0 spiro atoms. The normalized spacial score (nSPS) is 32.6. The number of fused-ring (bicyclic) bond motifs is 6. The summed E-state index contributed by atoms with van der Waals surface area (Å²) >= 11 is 0. The first kappa shape index (κ1) is 18.4. The van der Waals surface area contributed by atoms with Gasteiger partial charge >= 0.3 is 0 Å². The van der Waals surface area contributed by atoms with Crippen LogP contribution in [-0.4, -0.2) is 29.0 Å². The molecule has 2 aromatic carbocycles. The molecule has 2 aliphatic heterocycles. The van der Waals surface area contributed by atoms with Gasteiger partial charge in [-0.1, -0.05) is 60.2 Å². The Balaban J connectivity index is 1.32. The van der Waals surface area contributed by atoms with Crippen LogP contribution in [0, 0.1) is 11.8 Å². The molecule has 30 heavy (non-hydrogen) atoms. The van der Waals surface area contributed by atoms with Crippen molar-refractivity contribution in [2.24, 2.45) is 17.6 Å². The van der Waals surface area contributed by atoms with E-state index in [2.05, 4.69) is 77.5 Å². The van der Waals surface area contributed by atoms with Crippen molar-refractivity contribution in [1.82, 2.24) is 9.88 Å². The SMILES string of the molecule is C[C@@]12CC3CC(N)/C(=C/c4ccccc4)CC3CN1CCc1c2[nH]c2ccccc12. The van der Waals surface area contributed by atoms with Gasteiger partial charge in [0.15, 0.2) is 0 Å². The Kier molecular flexibility index (Phi) is 4.19. The molecule has 3 heterocycles. The highest BCUT2D eigenvalue weighted by Crippen LogP contribution is 2.51. The molecule has 2 fully saturated rings. The Morgan fingerprint density at radius 1 is 1.07 bits per heavy atom. The van der Waals surface area contributed by atoms with Crippen molar-refractivity contribution in [2.75, 3.05) is 13.1 Å². The molecule has 0 radical (unpaired) electrons. The zero-order valence-electron chi connectivity index (χ0n) is 17.8. The maximum Gasteiger partial charge on any atom is 0.0589 e. The van der Waals surface area contributed by atoms with Gasteiger partial charge in [0, 0.05) is 35.7 Å². The molecule has 1 saturated carbocycles. The molecule has 6 rings (SSSR count). The summed E-state index contributed by atoms with van der Waals surface area (Å²) in [6.07, 6.45) is 6.97. The highest BCUT2D eigenvalue weighted by atomic mass is 15.2. The number of rotatable bonds is 1. The number of piperidine rings is 1. The fraction of sp³-hybridized carbons (Fsp3) is 0.407. The van der Waals surface area contributed by atoms with Crippen LogP contribution in [-0.2, 0) is 12.0 Å². The molecular weight excluding hydrogens is 366 g/mol. The first-order valence-corrected chi connectivity index (χ1v) is 11.5. The van der Waals surface area contributed by atoms with Gasteiger partial charge in [0.05, 0.1) is 5.54 Å². The van der Waals surface area contributed by atoms with Crippen LogP contribution in [0.15, 0.2) is 60.2 Å². The van der Waals surface area contributed by atoms with E-state index in [4.69, 9.17) is 5.73 Å². The fourth-order valence-electron chi connectivity index (χ4n) is 6.57. The van der Waals surface area contributed by atoms with Crippen molar-refractivity contribution in [1.29, 1.82) is 0 Å². The summed E-state index contributed by atoms with van der Waals surface area (Å²) in [7, 11) is 0. The lowest BCUT2D eigenvalue weighted by Gasteiger charge is -2.55. The molecule has 3 unspecified atom stereocenters. The fourth-order valence-corrected chi connectivity index (χ4v) is 6.57. The Hall–Kier alpha value is -2.36. The van der Waals surface area contributed by atoms with Crippen LogP contribution in [0.4, 0.5) is 0 Å². The quantitative estimate of drug-likeness (QED) is 0.601. The molecule has 0 bridgehead atoms. The van der Waals surface area contributed by atoms with E-state index in [1.165, 1.54) is 47.2 Å². The molecule has 3 heteroatoms. The van der Waals surface area contributed by atoms with E-state index in [0.717, 1.165) is 25.2 Å². The van der Waals surface area contributed by atoms with Gasteiger partial charge < -0.3 is 10.7 Å². The van der Waals surface area contributed by atoms with Crippen LogP contribution in [0.2, 0.25) is 0 Å². The molecule has 3 aliphatic rings. The van der Waals surface area contributed by atoms with Crippen molar-refractivity contribution in [3.05, 3.63) is 77.0 Å². The van der Waals surface area contributed by atoms with Gasteiger partial charge in [-0.05, 0) is 61.6 Å². The standard InChI is InChI=1S/C27H31N3/c1-27-16-20-15-24(28)19(13-18-7-3-2-4-8-18)14-21(20)17-30(27)12-11-23-22-9-5-6-10-25(22)29-26(23)27/h2-10,13,20-21,24,29H,11-12,14-17,28H2,1H3/b19-13+/t20?,21?,24?,27-/m0/s1. The number of para-hydroxylation sites is 1. The van der Waals surface area contributed by atoms with Crippen LogP contribution in [0.1, 0.15) is 43.0 Å². The maximum atomic E-state index is 6.71. The van der Waals surface area contributed by atoms with E-state index in [1.807, 2.05) is 0 Å².